The molecule has 0 spiro atoms. The first-order valence-corrected chi connectivity index (χ1v) is 21.2. The lowest BCUT2D eigenvalue weighted by Crippen LogP contribution is -2.40. The van der Waals surface area contributed by atoms with Gasteiger partial charge in [-0.25, -0.2) is 5.01 Å². The summed E-state index contributed by atoms with van der Waals surface area (Å²) in [6.45, 7) is 12.1. The third-order valence-electron chi connectivity index (χ3n) is 9.69. The van der Waals surface area contributed by atoms with E-state index in [0.717, 1.165) is 19.4 Å². The van der Waals surface area contributed by atoms with Crippen LogP contribution in [-0.4, -0.2) is 49.2 Å². The second kappa shape index (κ2) is 37.7. The number of nitrogens with one attached hydrogen (secondary N) is 1. The van der Waals surface area contributed by atoms with Crippen molar-refractivity contribution < 1.29 is 0 Å². The summed E-state index contributed by atoms with van der Waals surface area (Å²) >= 11 is 0. The monoisotopic (exact) mass is 654 g/mol. The molecule has 0 bridgehead atoms. The minimum Gasteiger partial charge on any atom is -0.303 e. The van der Waals surface area contributed by atoms with Gasteiger partial charge in [0.25, 0.3) is 0 Å². The molecule has 1 aliphatic rings. The van der Waals surface area contributed by atoms with Gasteiger partial charge in [-0.2, -0.15) is 0 Å². The molecule has 0 atom stereocenters. The summed E-state index contributed by atoms with van der Waals surface area (Å²) in [7, 11) is 0. The van der Waals surface area contributed by atoms with Crippen molar-refractivity contribution in [3.63, 3.8) is 0 Å². The van der Waals surface area contributed by atoms with E-state index in [9.17, 15) is 0 Å². The smallest absolute Gasteiger partial charge is 0.0131 e. The average molecular weight is 654 g/mol. The van der Waals surface area contributed by atoms with Gasteiger partial charge >= 0.3 is 0 Å². The molecule has 1 aliphatic heterocycles. The lowest BCUT2D eigenvalue weighted by molar-refractivity contribution is 0.175. The summed E-state index contributed by atoms with van der Waals surface area (Å²) in [5.74, 6) is 0. The summed E-state index contributed by atoms with van der Waals surface area (Å²) in [6, 6.07) is 0. The molecule has 3 heteroatoms. The molecule has 0 saturated carbocycles. The van der Waals surface area contributed by atoms with Gasteiger partial charge in [0.05, 0.1) is 0 Å². The SMILES string of the molecule is CCCCC/C=C\C/C=C\CCCCCCCCNN(CCCCCCCC/C=C\C/C=C\CCCCC)CCCCN1CCCC1. The average Bonchev–Trinajstić information content (AvgIpc) is 3.61. The molecule has 1 saturated heterocycles. The van der Waals surface area contributed by atoms with Gasteiger partial charge in [0, 0.05) is 19.6 Å². The number of likely N-dealkylation sites (tertiary alicyclic amines) is 1. The Morgan fingerprint density at radius 3 is 1.34 bits per heavy atom. The Bertz CT molecular complexity index is 718. The second-order valence-corrected chi connectivity index (χ2v) is 14.3. The highest BCUT2D eigenvalue weighted by atomic mass is 15.5. The Kier molecular flexibility index (Phi) is 35.1. The van der Waals surface area contributed by atoms with Crippen molar-refractivity contribution in [2.45, 2.75) is 194 Å². The molecule has 0 radical (unpaired) electrons. The molecule has 1 rings (SSSR count). The van der Waals surface area contributed by atoms with E-state index >= 15 is 0 Å². The fourth-order valence-electron chi connectivity index (χ4n) is 6.56. The molecule has 1 N–H and O–H groups in total. The number of unbranched alkanes of at least 4 members (excludes halogenated alkanes) is 19. The predicted octanol–water partition coefficient (Wildman–Crippen LogP) is 13.3. The highest BCUT2D eigenvalue weighted by Gasteiger charge is 2.11. The highest BCUT2D eigenvalue weighted by Crippen LogP contribution is 2.12. The maximum absolute atomic E-state index is 3.84. The fourth-order valence-corrected chi connectivity index (χ4v) is 6.56. The van der Waals surface area contributed by atoms with E-state index in [-0.39, 0.29) is 0 Å². The molecule has 47 heavy (non-hydrogen) atoms. The van der Waals surface area contributed by atoms with Crippen LogP contribution in [0.5, 0.6) is 0 Å². The zero-order chi connectivity index (χ0) is 33.6. The van der Waals surface area contributed by atoms with E-state index in [1.54, 1.807) is 0 Å². The highest BCUT2D eigenvalue weighted by molar-refractivity contribution is 4.93. The molecule has 1 fully saturated rings. The standard InChI is InChI=1S/C44H83N3/c1-3-5-7-9-11-13-15-17-19-21-23-25-27-29-31-33-39-45-47(44-38-37-42-46-40-35-36-41-46)43-34-32-30-28-26-24-22-20-18-16-14-12-10-8-6-4-2/h11-14,17-20,45H,3-10,15-16,21-44H2,1-2H3/b13-11-,14-12-,19-17-,20-18-. The van der Waals surface area contributed by atoms with Crippen molar-refractivity contribution in [2.75, 3.05) is 39.3 Å². The molecule has 1 heterocycles. The Morgan fingerprint density at radius 1 is 0.447 bits per heavy atom. The van der Waals surface area contributed by atoms with Crippen LogP contribution in [0.25, 0.3) is 0 Å². The van der Waals surface area contributed by atoms with Crippen LogP contribution in [0.1, 0.15) is 194 Å². The fraction of sp³-hybridized carbons (Fsp3) is 0.818. The van der Waals surface area contributed by atoms with Crippen LogP contribution in [0.15, 0.2) is 48.6 Å². The lowest BCUT2D eigenvalue weighted by Gasteiger charge is -2.24. The first-order valence-electron chi connectivity index (χ1n) is 21.2. The van der Waals surface area contributed by atoms with Gasteiger partial charge in [0.1, 0.15) is 0 Å². The number of hydrogen-bond acceptors (Lipinski definition) is 3. The molecular weight excluding hydrogens is 571 g/mol. The molecule has 0 amide bonds. The Hall–Kier alpha value is -1.16. The lowest BCUT2D eigenvalue weighted by atomic mass is 10.1. The van der Waals surface area contributed by atoms with Gasteiger partial charge < -0.3 is 4.90 Å². The molecule has 0 aromatic carbocycles. The maximum atomic E-state index is 3.84. The van der Waals surface area contributed by atoms with Crippen molar-refractivity contribution in [3.05, 3.63) is 48.6 Å². The minimum atomic E-state index is 1.12. The summed E-state index contributed by atoms with van der Waals surface area (Å²) in [4.78, 5) is 2.67. The van der Waals surface area contributed by atoms with Crippen molar-refractivity contribution >= 4 is 0 Å². The Balaban J connectivity index is 2.06. The number of hydrazine groups is 1. The molecule has 0 aromatic rings. The largest absolute Gasteiger partial charge is 0.303 e. The topological polar surface area (TPSA) is 18.5 Å². The Morgan fingerprint density at radius 2 is 0.851 bits per heavy atom. The zero-order valence-corrected chi connectivity index (χ0v) is 32.1. The zero-order valence-electron chi connectivity index (χ0n) is 32.1. The van der Waals surface area contributed by atoms with Crippen molar-refractivity contribution in [1.82, 2.24) is 15.3 Å². The van der Waals surface area contributed by atoms with Crippen LogP contribution < -0.4 is 5.43 Å². The third-order valence-corrected chi connectivity index (χ3v) is 9.69. The van der Waals surface area contributed by atoms with Gasteiger partial charge in [-0.3, -0.25) is 5.43 Å². The summed E-state index contributed by atoms with van der Waals surface area (Å²) in [5.41, 5.74) is 3.84. The van der Waals surface area contributed by atoms with E-state index in [1.807, 2.05) is 0 Å². The van der Waals surface area contributed by atoms with E-state index in [2.05, 4.69) is 77.8 Å². The van der Waals surface area contributed by atoms with E-state index in [4.69, 9.17) is 0 Å². The van der Waals surface area contributed by atoms with Crippen LogP contribution >= 0.6 is 0 Å². The second-order valence-electron chi connectivity index (χ2n) is 14.3. The Labute approximate surface area is 296 Å². The number of rotatable bonds is 36. The summed E-state index contributed by atoms with van der Waals surface area (Å²) < 4.78 is 0. The van der Waals surface area contributed by atoms with Gasteiger partial charge in [-0.15, -0.1) is 0 Å². The van der Waals surface area contributed by atoms with Crippen molar-refractivity contribution in [1.29, 1.82) is 0 Å². The summed E-state index contributed by atoms with van der Waals surface area (Å²) in [6.07, 6.45) is 56.3. The first kappa shape index (κ1) is 43.9. The number of allylic oxidation sites excluding steroid dienone is 8. The van der Waals surface area contributed by atoms with Crippen molar-refractivity contribution in [2.24, 2.45) is 0 Å². The van der Waals surface area contributed by atoms with E-state index < -0.39 is 0 Å². The van der Waals surface area contributed by atoms with Crippen LogP contribution in [0.4, 0.5) is 0 Å². The van der Waals surface area contributed by atoms with E-state index in [1.165, 1.54) is 200 Å². The van der Waals surface area contributed by atoms with Crippen LogP contribution in [-0.2, 0) is 0 Å². The van der Waals surface area contributed by atoms with Crippen LogP contribution in [0, 0.1) is 0 Å². The minimum absolute atomic E-state index is 1.12. The number of hydrogen-bond donors (Lipinski definition) is 1. The molecule has 274 valence electrons. The first-order chi connectivity index (χ1) is 23.4. The van der Waals surface area contributed by atoms with Crippen LogP contribution in [0.3, 0.4) is 0 Å². The van der Waals surface area contributed by atoms with Gasteiger partial charge in [0.2, 0.25) is 0 Å². The quantitative estimate of drug-likeness (QED) is 0.0412. The maximum Gasteiger partial charge on any atom is 0.0131 e. The van der Waals surface area contributed by atoms with E-state index in [0.29, 0.717) is 0 Å². The summed E-state index contributed by atoms with van der Waals surface area (Å²) in [5, 5.41) is 2.58. The number of nitrogens with zero attached hydrogens (tertiary/aromatic N) is 2. The normalized spacial score (nSPS) is 14.5. The van der Waals surface area contributed by atoms with Gasteiger partial charge in [-0.05, 0) is 122 Å². The molecule has 3 nitrogen and oxygen atoms in total. The van der Waals surface area contributed by atoms with Crippen LogP contribution in [0.2, 0.25) is 0 Å². The predicted molar refractivity (Wildman–Crippen MR) is 213 cm³/mol. The van der Waals surface area contributed by atoms with Gasteiger partial charge in [-0.1, -0.05) is 140 Å². The van der Waals surface area contributed by atoms with Gasteiger partial charge in [0.15, 0.2) is 0 Å². The molecular formula is C44H83N3. The van der Waals surface area contributed by atoms with Crippen molar-refractivity contribution in [3.8, 4) is 0 Å². The molecule has 0 aromatic heterocycles. The molecule has 0 unspecified atom stereocenters. The molecule has 0 aliphatic carbocycles. The third kappa shape index (κ3) is 33.1.